The van der Waals surface area contributed by atoms with Gasteiger partial charge in [-0.1, -0.05) is 6.07 Å². The minimum absolute atomic E-state index is 0.0200. The summed E-state index contributed by atoms with van der Waals surface area (Å²) in [5.74, 6) is 0. The van der Waals surface area contributed by atoms with E-state index in [2.05, 4.69) is 4.98 Å². The first-order valence-corrected chi connectivity index (χ1v) is 3.53. The molecule has 0 fully saturated rings. The van der Waals surface area contributed by atoms with Crippen LogP contribution in [0, 0.1) is 6.92 Å². The number of aliphatic hydroxyl groups is 1. The van der Waals surface area contributed by atoms with Gasteiger partial charge in [-0.25, -0.2) is 0 Å². The Morgan fingerprint density at radius 1 is 1.55 bits per heavy atom. The summed E-state index contributed by atoms with van der Waals surface area (Å²) in [4.78, 5) is 13.7. The van der Waals surface area contributed by atoms with Gasteiger partial charge in [0.2, 0.25) is 0 Å². The third-order valence-electron chi connectivity index (χ3n) is 1.52. The third kappa shape index (κ3) is 1.91. The van der Waals surface area contributed by atoms with Crippen molar-refractivity contribution in [2.45, 2.75) is 13.3 Å². The maximum Gasteiger partial charge on any atom is 0.251 e. The van der Waals surface area contributed by atoms with Gasteiger partial charge < -0.3 is 10.1 Å². The zero-order chi connectivity index (χ0) is 8.27. The molecule has 0 aliphatic carbocycles. The summed E-state index contributed by atoms with van der Waals surface area (Å²) in [7, 11) is 0. The minimum Gasteiger partial charge on any atom is -0.396 e. The van der Waals surface area contributed by atoms with E-state index in [-0.39, 0.29) is 12.2 Å². The topological polar surface area (TPSA) is 53.1 Å². The Balaban J connectivity index is 3.00. The Bertz CT molecular complexity index is 290. The van der Waals surface area contributed by atoms with Crippen molar-refractivity contribution in [2.75, 3.05) is 6.61 Å². The number of H-pyrrole nitrogens is 1. The van der Waals surface area contributed by atoms with E-state index < -0.39 is 0 Å². The lowest BCUT2D eigenvalue weighted by Gasteiger charge is -1.96. The van der Waals surface area contributed by atoms with Crippen LogP contribution >= 0.6 is 0 Å². The molecule has 1 aromatic rings. The molecule has 0 saturated carbocycles. The number of aliphatic hydroxyl groups excluding tert-OH is 1. The summed E-state index contributed by atoms with van der Waals surface area (Å²) in [6.45, 7) is 1.84. The predicted molar refractivity (Wildman–Crippen MR) is 42.6 cm³/mol. The number of nitrogens with one attached hydrogen (secondary N) is 1. The van der Waals surface area contributed by atoms with Crippen LogP contribution in [0.5, 0.6) is 0 Å². The Morgan fingerprint density at radius 3 is 2.82 bits per heavy atom. The van der Waals surface area contributed by atoms with Gasteiger partial charge in [0.15, 0.2) is 0 Å². The van der Waals surface area contributed by atoms with Crippen LogP contribution in [0.15, 0.2) is 16.9 Å². The quantitative estimate of drug-likeness (QED) is 0.638. The maximum absolute atomic E-state index is 11.1. The van der Waals surface area contributed by atoms with Crippen LogP contribution in [0.1, 0.15) is 11.3 Å². The van der Waals surface area contributed by atoms with E-state index in [1.165, 1.54) is 0 Å². The number of aromatic nitrogens is 1. The lowest BCUT2D eigenvalue weighted by atomic mass is 10.2. The molecule has 0 amide bonds. The Kier molecular flexibility index (Phi) is 2.44. The molecule has 0 saturated heterocycles. The van der Waals surface area contributed by atoms with Crippen molar-refractivity contribution < 1.29 is 5.11 Å². The molecule has 60 valence electrons. The van der Waals surface area contributed by atoms with Gasteiger partial charge >= 0.3 is 0 Å². The molecule has 0 unspecified atom stereocenters. The van der Waals surface area contributed by atoms with Crippen molar-refractivity contribution in [3.8, 4) is 0 Å². The highest BCUT2D eigenvalue weighted by atomic mass is 16.3. The van der Waals surface area contributed by atoms with Crippen molar-refractivity contribution >= 4 is 0 Å². The zero-order valence-corrected chi connectivity index (χ0v) is 6.42. The highest BCUT2D eigenvalue weighted by Crippen LogP contribution is 1.93. The smallest absolute Gasteiger partial charge is 0.251 e. The highest BCUT2D eigenvalue weighted by molar-refractivity contribution is 5.13. The second kappa shape index (κ2) is 3.34. The number of pyridine rings is 1. The Morgan fingerprint density at radius 2 is 2.27 bits per heavy atom. The van der Waals surface area contributed by atoms with E-state index >= 15 is 0 Å². The van der Waals surface area contributed by atoms with E-state index in [0.29, 0.717) is 12.0 Å². The van der Waals surface area contributed by atoms with Crippen molar-refractivity contribution in [3.05, 3.63) is 33.7 Å². The zero-order valence-electron chi connectivity index (χ0n) is 6.42. The molecular weight excluding hydrogens is 142 g/mol. The number of hydrogen-bond donors (Lipinski definition) is 2. The normalized spacial score (nSPS) is 10.0. The van der Waals surface area contributed by atoms with Crippen molar-refractivity contribution in [2.24, 2.45) is 0 Å². The number of aromatic amines is 1. The molecule has 0 aliphatic rings. The summed E-state index contributed by atoms with van der Waals surface area (Å²) in [5, 5.41) is 8.56. The fourth-order valence-corrected chi connectivity index (χ4v) is 0.920. The second-order valence-electron chi connectivity index (χ2n) is 2.47. The summed E-state index contributed by atoms with van der Waals surface area (Å²) in [6, 6.07) is 3.57. The molecule has 0 bridgehead atoms. The average molecular weight is 153 g/mol. The first-order valence-electron chi connectivity index (χ1n) is 3.53. The molecule has 2 N–H and O–H groups in total. The average Bonchev–Trinajstić information content (AvgIpc) is 1.95. The minimum atomic E-state index is -0.0981. The van der Waals surface area contributed by atoms with Gasteiger partial charge in [-0.05, 0) is 13.0 Å². The first-order chi connectivity index (χ1) is 5.24. The van der Waals surface area contributed by atoms with E-state index in [1.807, 2.05) is 13.0 Å². The van der Waals surface area contributed by atoms with E-state index in [1.54, 1.807) is 6.07 Å². The van der Waals surface area contributed by atoms with E-state index in [4.69, 9.17) is 5.11 Å². The van der Waals surface area contributed by atoms with Crippen molar-refractivity contribution in [3.63, 3.8) is 0 Å². The standard InChI is InChI=1S/C8H11NO2/c1-6-2-3-7(4-5-10)8(11)9-6/h2-3,10H,4-5H2,1H3,(H,9,11). The predicted octanol–water partition coefficient (Wildman–Crippen LogP) is 0.218. The molecule has 0 atom stereocenters. The third-order valence-corrected chi connectivity index (χ3v) is 1.52. The molecule has 0 aromatic carbocycles. The lowest BCUT2D eigenvalue weighted by molar-refractivity contribution is 0.299. The van der Waals surface area contributed by atoms with E-state index in [0.717, 1.165) is 5.69 Å². The molecule has 0 spiro atoms. The summed E-state index contributed by atoms with van der Waals surface area (Å²) in [6.07, 6.45) is 0.426. The number of rotatable bonds is 2. The van der Waals surface area contributed by atoms with E-state index in [9.17, 15) is 4.79 Å². The highest BCUT2D eigenvalue weighted by Gasteiger charge is 1.96. The molecule has 3 heteroatoms. The van der Waals surface area contributed by atoms with Crippen LogP contribution in [0.25, 0.3) is 0 Å². The van der Waals surface area contributed by atoms with Gasteiger partial charge in [0.1, 0.15) is 0 Å². The number of hydrogen-bond acceptors (Lipinski definition) is 2. The van der Waals surface area contributed by atoms with Crippen LogP contribution in [0.2, 0.25) is 0 Å². The fraction of sp³-hybridized carbons (Fsp3) is 0.375. The lowest BCUT2D eigenvalue weighted by Crippen LogP contribution is -2.13. The van der Waals surface area contributed by atoms with Crippen LogP contribution in [0.3, 0.4) is 0 Å². The molecule has 0 aliphatic heterocycles. The monoisotopic (exact) mass is 153 g/mol. The molecule has 1 rings (SSSR count). The molecule has 1 aromatic heterocycles. The molecule has 1 heterocycles. The SMILES string of the molecule is Cc1ccc(CCO)c(=O)[nH]1. The van der Waals surface area contributed by atoms with Gasteiger partial charge in [0.05, 0.1) is 0 Å². The van der Waals surface area contributed by atoms with Crippen LogP contribution in [0.4, 0.5) is 0 Å². The molecule has 3 nitrogen and oxygen atoms in total. The molecular formula is C8H11NO2. The van der Waals surface area contributed by atoms with Crippen LogP contribution in [-0.2, 0) is 6.42 Å². The van der Waals surface area contributed by atoms with Gasteiger partial charge in [-0.15, -0.1) is 0 Å². The summed E-state index contributed by atoms with van der Waals surface area (Å²) >= 11 is 0. The molecule has 11 heavy (non-hydrogen) atoms. The van der Waals surface area contributed by atoms with Crippen molar-refractivity contribution in [1.82, 2.24) is 4.98 Å². The largest absolute Gasteiger partial charge is 0.396 e. The Hall–Kier alpha value is -1.09. The van der Waals surface area contributed by atoms with Gasteiger partial charge in [0.25, 0.3) is 5.56 Å². The first kappa shape index (κ1) is 8.01. The Labute approximate surface area is 64.7 Å². The summed E-state index contributed by atoms with van der Waals surface area (Å²) in [5.41, 5.74) is 1.38. The van der Waals surface area contributed by atoms with Gasteiger partial charge in [-0.2, -0.15) is 0 Å². The van der Waals surface area contributed by atoms with Gasteiger partial charge in [-0.3, -0.25) is 4.79 Å². The maximum atomic E-state index is 11.1. The van der Waals surface area contributed by atoms with Crippen LogP contribution < -0.4 is 5.56 Å². The second-order valence-corrected chi connectivity index (χ2v) is 2.47. The fourth-order valence-electron chi connectivity index (χ4n) is 0.920. The van der Waals surface area contributed by atoms with Gasteiger partial charge in [0, 0.05) is 24.3 Å². The van der Waals surface area contributed by atoms with Crippen LogP contribution in [-0.4, -0.2) is 16.7 Å². The van der Waals surface area contributed by atoms with Crippen molar-refractivity contribution in [1.29, 1.82) is 0 Å². The molecule has 0 radical (unpaired) electrons. The number of aryl methyl sites for hydroxylation is 1. The summed E-state index contributed by atoms with van der Waals surface area (Å²) < 4.78 is 0.